The summed E-state index contributed by atoms with van der Waals surface area (Å²) in [5.41, 5.74) is 9.26. The van der Waals surface area contributed by atoms with Crippen LogP contribution in [0, 0.1) is 6.92 Å². The number of hydrogen-bond donors (Lipinski definition) is 3. The van der Waals surface area contributed by atoms with Crippen molar-refractivity contribution in [3.05, 3.63) is 45.3 Å². The monoisotopic (exact) mass is 393 g/mol. The molecule has 5 nitrogen and oxygen atoms in total. The van der Waals surface area contributed by atoms with Crippen molar-refractivity contribution in [2.45, 2.75) is 58.5 Å². The van der Waals surface area contributed by atoms with Crippen LogP contribution in [-0.2, 0) is 0 Å². The number of nitrogens with one attached hydrogen (secondary N) is 3. The van der Waals surface area contributed by atoms with Crippen LogP contribution in [0.25, 0.3) is 0 Å². The van der Waals surface area contributed by atoms with Gasteiger partial charge in [-0.1, -0.05) is 56.0 Å². The van der Waals surface area contributed by atoms with Gasteiger partial charge in [0.25, 0.3) is 0 Å². The molecule has 0 saturated carbocycles. The van der Waals surface area contributed by atoms with Gasteiger partial charge in [0.2, 0.25) is 0 Å². The summed E-state index contributed by atoms with van der Waals surface area (Å²) < 4.78 is 0. The van der Waals surface area contributed by atoms with Crippen molar-refractivity contribution in [1.82, 2.24) is 15.4 Å². The zero-order valence-corrected chi connectivity index (χ0v) is 16.9. The van der Waals surface area contributed by atoms with E-state index in [9.17, 15) is 0 Å². The summed E-state index contributed by atoms with van der Waals surface area (Å²) in [5, 5.41) is 4.84. The van der Waals surface area contributed by atoms with Crippen LogP contribution in [0.2, 0.25) is 10.0 Å². The summed E-state index contributed by atoms with van der Waals surface area (Å²) in [4.78, 5) is 9.30. The van der Waals surface area contributed by atoms with Gasteiger partial charge >= 0.3 is 0 Å². The van der Waals surface area contributed by atoms with E-state index in [2.05, 4.69) is 40.0 Å². The molecule has 7 heteroatoms. The average Bonchev–Trinajstić information content (AvgIpc) is 2.99. The molecular weight excluding hydrogens is 369 g/mol. The molecule has 2 aromatic rings. The molecule has 0 spiro atoms. The summed E-state index contributed by atoms with van der Waals surface area (Å²) in [6.07, 6.45) is 4.51. The number of nitrogens with zero attached hydrogens (tertiary/aromatic N) is 2. The van der Waals surface area contributed by atoms with Crippen LogP contribution >= 0.6 is 23.2 Å². The smallest absolute Gasteiger partial charge is 0.155 e. The van der Waals surface area contributed by atoms with Gasteiger partial charge < -0.3 is 10.7 Å². The van der Waals surface area contributed by atoms with Crippen LogP contribution in [0.5, 0.6) is 0 Å². The summed E-state index contributed by atoms with van der Waals surface area (Å²) >= 11 is 12.4. The molecule has 0 bridgehead atoms. The van der Waals surface area contributed by atoms with E-state index in [-0.39, 0.29) is 6.04 Å². The molecule has 2 heterocycles. The first-order valence-electron chi connectivity index (χ1n) is 9.15. The molecule has 0 aliphatic carbocycles. The predicted molar refractivity (Wildman–Crippen MR) is 109 cm³/mol. The molecular formula is C19H25Cl2N5. The minimum Gasteiger partial charge on any atom is -0.365 e. The lowest BCUT2D eigenvalue weighted by molar-refractivity contribution is 0.584. The minimum atomic E-state index is -0.146. The Balaban J connectivity index is 1.95. The number of anilines is 2. The second-order valence-corrected chi connectivity index (χ2v) is 7.51. The molecule has 1 aromatic carbocycles. The van der Waals surface area contributed by atoms with Gasteiger partial charge in [0, 0.05) is 16.1 Å². The maximum Gasteiger partial charge on any atom is 0.155 e. The lowest BCUT2D eigenvalue weighted by Gasteiger charge is -2.20. The third-order valence-corrected chi connectivity index (χ3v) is 5.11. The van der Waals surface area contributed by atoms with Crippen molar-refractivity contribution in [2.75, 3.05) is 10.7 Å². The number of aryl methyl sites for hydroxylation is 1. The third kappa shape index (κ3) is 4.05. The highest BCUT2D eigenvalue weighted by Gasteiger charge is 2.30. The Bertz CT molecular complexity index is 775. The highest BCUT2D eigenvalue weighted by Crippen LogP contribution is 2.39. The summed E-state index contributed by atoms with van der Waals surface area (Å²) in [5.74, 6) is 1.58. The lowest BCUT2D eigenvalue weighted by Crippen LogP contribution is -2.22. The van der Waals surface area contributed by atoms with Gasteiger partial charge in [-0.2, -0.15) is 0 Å². The zero-order chi connectivity index (χ0) is 18.7. The van der Waals surface area contributed by atoms with Gasteiger partial charge in [0.05, 0.1) is 11.7 Å². The Morgan fingerprint density at radius 1 is 1.15 bits per heavy atom. The number of hydrazine groups is 1. The molecule has 1 unspecified atom stereocenters. The molecule has 1 aliphatic heterocycles. The molecule has 0 fully saturated rings. The normalized spacial score (nSPS) is 15.8. The summed E-state index contributed by atoms with van der Waals surface area (Å²) in [7, 11) is 0. The van der Waals surface area contributed by atoms with Crippen LogP contribution in [0.4, 0.5) is 11.5 Å². The zero-order valence-electron chi connectivity index (χ0n) is 15.4. The van der Waals surface area contributed by atoms with Crippen LogP contribution in [0.3, 0.4) is 0 Å². The van der Waals surface area contributed by atoms with E-state index in [1.54, 1.807) is 6.07 Å². The van der Waals surface area contributed by atoms with Crippen LogP contribution in [-0.4, -0.2) is 16.0 Å². The van der Waals surface area contributed by atoms with Gasteiger partial charge in [0.1, 0.15) is 11.5 Å². The van der Waals surface area contributed by atoms with Crippen LogP contribution in [0.1, 0.15) is 62.7 Å². The second kappa shape index (κ2) is 8.42. The van der Waals surface area contributed by atoms with Crippen molar-refractivity contribution in [2.24, 2.45) is 0 Å². The largest absolute Gasteiger partial charge is 0.365 e. The molecule has 1 atom stereocenters. The fraction of sp³-hybridized carbons (Fsp3) is 0.474. The Morgan fingerprint density at radius 2 is 1.88 bits per heavy atom. The third-order valence-electron chi connectivity index (χ3n) is 4.55. The fourth-order valence-electron chi connectivity index (χ4n) is 3.38. The lowest BCUT2D eigenvalue weighted by atomic mass is 10.0. The van der Waals surface area contributed by atoms with E-state index in [4.69, 9.17) is 23.2 Å². The van der Waals surface area contributed by atoms with Gasteiger partial charge in [-0.15, -0.1) is 0 Å². The first-order valence-corrected chi connectivity index (χ1v) is 9.90. The standard InChI is InChI=1S/C19H25Cl2N5/c1-4-6-13(7-5-2)24-19-18-17(22-11(3)23-19)16(25-26-18)14-9-8-12(20)10-15(14)21/h8-10,13,16,25-26H,4-7H2,1-3H3,(H,22,23,24). The van der Waals surface area contributed by atoms with Crippen molar-refractivity contribution in [3.8, 4) is 0 Å². The molecule has 140 valence electrons. The molecule has 0 saturated heterocycles. The molecule has 26 heavy (non-hydrogen) atoms. The molecule has 0 amide bonds. The molecule has 3 rings (SSSR count). The van der Waals surface area contributed by atoms with Gasteiger partial charge in [-0.05, 0) is 37.5 Å². The molecule has 0 radical (unpaired) electrons. The minimum absolute atomic E-state index is 0.146. The van der Waals surface area contributed by atoms with Crippen molar-refractivity contribution < 1.29 is 0 Å². The van der Waals surface area contributed by atoms with E-state index in [0.717, 1.165) is 54.3 Å². The van der Waals surface area contributed by atoms with Gasteiger partial charge in [-0.25, -0.2) is 15.4 Å². The van der Waals surface area contributed by atoms with E-state index in [1.165, 1.54) is 0 Å². The maximum atomic E-state index is 6.41. The highest BCUT2D eigenvalue weighted by atomic mass is 35.5. The number of hydrogen-bond acceptors (Lipinski definition) is 5. The van der Waals surface area contributed by atoms with Crippen LogP contribution < -0.4 is 16.2 Å². The Kier molecular flexibility index (Phi) is 6.22. The molecule has 1 aliphatic rings. The van der Waals surface area contributed by atoms with E-state index in [1.807, 2.05) is 19.1 Å². The Labute approximate surface area is 164 Å². The van der Waals surface area contributed by atoms with Crippen molar-refractivity contribution in [1.29, 1.82) is 0 Å². The quantitative estimate of drug-likeness (QED) is 0.580. The van der Waals surface area contributed by atoms with Crippen LogP contribution in [0.15, 0.2) is 18.2 Å². The van der Waals surface area contributed by atoms with E-state index >= 15 is 0 Å². The first kappa shape index (κ1) is 19.2. The van der Waals surface area contributed by atoms with Gasteiger partial charge in [-0.3, -0.25) is 0 Å². The number of fused-ring (bicyclic) bond motifs is 1. The predicted octanol–water partition coefficient (Wildman–Crippen LogP) is 5.49. The average molecular weight is 394 g/mol. The number of benzene rings is 1. The molecule has 1 aromatic heterocycles. The first-order chi connectivity index (χ1) is 12.5. The Hall–Kier alpha value is -1.56. The maximum absolute atomic E-state index is 6.41. The van der Waals surface area contributed by atoms with Crippen molar-refractivity contribution in [3.63, 3.8) is 0 Å². The second-order valence-electron chi connectivity index (χ2n) is 6.67. The topological polar surface area (TPSA) is 61.9 Å². The number of rotatable bonds is 7. The highest BCUT2D eigenvalue weighted by molar-refractivity contribution is 6.35. The summed E-state index contributed by atoms with van der Waals surface area (Å²) in [6.45, 7) is 6.33. The number of halogens is 2. The molecule has 3 N–H and O–H groups in total. The Morgan fingerprint density at radius 3 is 2.54 bits per heavy atom. The van der Waals surface area contributed by atoms with Gasteiger partial charge in [0.15, 0.2) is 5.82 Å². The van der Waals surface area contributed by atoms with Crippen molar-refractivity contribution >= 4 is 34.7 Å². The van der Waals surface area contributed by atoms with E-state index < -0.39 is 0 Å². The number of aromatic nitrogens is 2. The van der Waals surface area contributed by atoms with E-state index in [0.29, 0.717) is 16.1 Å². The fourth-order valence-corrected chi connectivity index (χ4v) is 3.90. The summed E-state index contributed by atoms with van der Waals surface area (Å²) in [6, 6.07) is 5.79. The SMILES string of the molecule is CCCC(CCC)Nc1nc(C)nc2c1NNC2c1ccc(Cl)cc1Cl.